The van der Waals surface area contributed by atoms with Gasteiger partial charge in [0.1, 0.15) is 6.54 Å². The fraction of sp³-hybridized carbons (Fsp3) is 0.200. The molecule has 0 saturated carbocycles. The Bertz CT molecular complexity index is 384. The molecule has 1 rings (SSSR count). The van der Waals surface area contributed by atoms with Crippen LogP contribution in [0.3, 0.4) is 0 Å². The average molecular weight is 209 g/mol. The molecule has 0 fully saturated rings. The molecular weight excluding hydrogens is 200 g/mol. The van der Waals surface area contributed by atoms with Crippen molar-refractivity contribution in [2.75, 3.05) is 13.6 Å². The maximum atomic E-state index is 11.6. The van der Waals surface area contributed by atoms with Crippen molar-refractivity contribution in [1.29, 1.82) is 5.26 Å². The second-order valence-corrected chi connectivity index (χ2v) is 3.27. The lowest BCUT2D eigenvalue weighted by molar-refractivity contribution is 0.0812. The Kier molecular flexibility index (Phi) is 3.49. The molecule has 0 saturated heterocycles. The molecular formula is C10H9ClN2O. The Labute approximate surface area is 87.5 Å². The van der Waals surface area contributed by atoms with Crippen molar-refractivity contribution >= 4 is 17.5 Å². The zero-order chi connectivity index (χ0) is 10.6. The Morgan fingerprint density at radius 2 is 2.36 bits per heavy atom. The lowest BCUT2D eigenvalue weighted by Crippen LogP contribution is -2.26. The SMILES string of the molecule is CN(CC#N)C(=O)c1cccc(Cl)c1. The fourth-order valence-corrected chi connectivity index (χ4v) is 1.21. The van der Waals surface area contributed by atoms with Gasteiger partial charge < -0.3 is 4.90 Å². The number of rotatable bonds is 2. The Morgan fingerprint density at radius 3 is 2.93 bits per heavy atom. The van der Waals surface area contributed by atoms with E-state index in [1.54, 1.807) is 31.3 Å². The van der Waals surface area contributed by atoms with E-state index in [1.807, 2.05) is 6.07 Å². The molecule has 1 aromatic carbocycles. The van der Waals surface area contributed by atoms with Crippen molar-refractivity contribution < 1.29 is 4.79 Å². The van der Waals surface area contributed by atoms with Crippen LogP contribution < -0.4 is 0 Å². The highest BCUT2D eigenvalue weighted by atomic mass is 35.5. The van der Waals surface area contributed by atoms with Gasteiger partial charge in [-0.3, -0.25) is 4.79 Å². The lowest BCUT2D eigenvalue weighted by atomic mass is 10.2. The summed E-state index contributed by atoms with van der Waals surface area (Å²) in [6, 6.07) is 8.56. The van der Waals surface area contributed by atoms with Crippen LogP contribution in [-0.4, -0.2) is 24.4 Å². The van der Waals surface area contributed by atoms with E-state index in [0.717, 1.165) is 0 Å². The predicted octanol–water partition coefficient (Wildman–Crippen LogP) is 1.94. The van der Waals surface area contributed by atoms with E-state index in [2.05, 4.69) is 0 Å². The quantitative estimate of drug-likeness (QED) is 0.698. The van der Waals surface area contributed by atoms with Gasteiger partial charge in [0.05, 0.1) is 6.07 Å². The van der Waals surface area contributed by atoms with Gasteiger partial charge in [-0.15, -0.1) is 0 Å². The molecule has 0 aliphatic heterocycles. The van der Waals surface area contributed by atoms with Crippen molar-refractivity contribution in [3.63, 3.8) is 0 Å². The molecule has 0 heterocycles. The van der Waals surface area contributed by atoms with Crippen molar-refractivity contribution in [2.24, 2.45) is 0 Å². The van der Waals surface area contributed by atoms with Gasteiger partial charge in [-0.2, -0.15) is 5.26 Å². The first-order chi connectivity index (χ1) is 6.65. The first-order valence-corrected chi connectivity index (χ1v) is 4.41. The first-order valence-electron chi connectivity index (χ1n) is 4.03. The molecule has 0 aliphatic carbocycles. The van der Waals surface area contributed by atoms with E-state index in [1.165, 1.54) is 4.90 Å². The number of carbonyl (C=O) groups is 1. The summed E-state index contributed by atoms with van der Waals surface area (Å²) in [6.07, 6.45) is 0. The minimum atomic E-state index is -0.200. The van der Waals surface area contributed by atoms with Crippen LogP contribution in [-0.2, 0) is 0 Å². The second kappa shape index (κ2) is 4.64. The molecule has 72 valence electrons. The van der Waals surface area contributed by atoms with Crippen LogP contribution in [0.4, 0.5) is 0 Å². The maximum Gasteiger partial charge on any atom is 0.254 e. The van der Waals surface area contributed by atoms with Crippen LogP contribution in [0.1, 0.15) is 10.4 Å². The standard InChI is InChI=1S/C10H9ClN2O/c1-13(6-5-12)10(14)8-3-2-4-9(11)7-8/h2-4,7H,6H2,1H3. The Hall–Kier alpha value is -1.53. The van der Waals surface area contributed by atoms with Crippen molar-refractivity contribution in [3.8, 4) is 6.07 Å². The minimum absolute atomic E-state index is 0.0747. The monoisotopic (exact) mass is 208 g/mol. The number of hydrogen-bond donors (Lipinski definition) is 0. The normalized spacial score (nSPS) is 9.21. The van der Waals surface area contributed by atoms with Crippen LogP contribution in [0.25, 0.3) is 0 Å². The Morgan fingerprint density at radius 1 is 1.64 bits per heavy atom. The third kappa shape index (κ3) is 2.48. The van der Waals surface area contributed by atoms with Crippen molar-refractivity contribution in [2.45, 2.75) is 0 Å². The highest BCUT2D eigenvalue weighted by molar-refractivity contribution is 6.30. The van der Waals surface area contributed by atoms with E-state index < -0.39 is 0 Å². The van der Waals surface area contributed by atoms with Gasteiger partial charge in [0, 0.05) is 17.6 Å². The molecule has 0 aliphatic rings. The summed E-state index contributed by atoms with van der Waals surface area (Å²) in [4.78, 5) is 12.9. The molecule has 0 unspecified atom stereocenters. The van der Waals surface area contributed by atoms with Crippen molar-refractivity contribution in [3.05, 3.63) is 34.9 Å². The van der Waals surface area contributed by atoms with Gasteiger partial charge in [0.15, 0.2) is 0 Å². The fourth-order valence-electron chi connectivity index (χ4n) is 1.02. The summed E-state index contributed by atoms with van der Waals surface area (Å²) >= 11 is 5.73. The molecule has 3 nitrogen and oxygen atoms in total. The second-order valence-electron chi connectivity index (χ2n) is 2.83. The topological polar surface area (TPSA) is 44.1 Å². The third-order valence-electron chi connectivity index (χ3n) is 1.73. The third-order valence-corrected chi connectivity index (χ3v) is 1.96. The molecule has 0 spiro atoms. The smallest absolute Gasteiger partial charge is 0.254 e. The van der Waals surface area contributed by atoms with E-state index >= 15 is 0 Å². The van der Waals surface area contributed by atoms with E-state index in [-0.39, 0.29) is 12.5 Å². The molecule has 0 bridgehead atoms. The maximum absolute atomic E-state index is 11.6. The van der Waals surface area contributed by atoms with Crippen LogP contribution in [0.2, 0.25) is 5.02 Å². The largest absolute Gasteiger partial charge is 0.328 e. The molecule has 14 heavy (non-hydrogen) atoms. The average Bonchev–Trinajstić information content (AvgIpc) is 2.17. The van der Waals surface area contributed by atoms with Gasteiger partial charge >= 0.3 is 0 Å². The summed E-state index contributed by atoms with van der Waals surface area (Å²) in [5.41, 5.74) is 0.496. The molecule has 4 heteroatoms. The number of carbonyl (C=O) groups excluding carboxylic acids is 1. The van der Waals surface area contributed by atoms with Gasteiger partial charge in [-0.1, -0.05) is 17.7 Å². The highest BCUT2D eigenvalue weighted by Gasteiger charge is 2.10. The molecule has 0 aromatic heterocycles. The van der Waals surface area contributed by atoms with Gasteiger partial charge in [0.2, 0.25) is 0 Å². The van der Waals surface area contributed by atoms with Gasteiger partial charge in [-0.05, 0) is 18.2 Å². The summed E-state index contributed by atoms with van der Waals surface area (Å²) in [7, 11) is 1.58. The summed E-state index contributed by atoms with van der Waals surface area (Å²) < 4.78 is 0. The van der Waals surface area contributed by atoms with Crippen LogP contribution in [0.15, 0.2) is 24.3 Å². The van der Waals surface area contributed by atoms with E-state index in [4.69, 9.17) is 16.9 Å². The van der Waals surface area contributed by atoms with Crippen LogP contribution >= 0.6 is 11.6 Å². The number of amides is 1. The minimum Gasteiger partial charge on any atom is -0.328 e. The molecule has 1 aromatic rings. The molecule has 1 amide bonds. The number of nitrogens with zero attached hydrogens (tertiary/aromatic N) is 2. The number of benzene rings is 1. The summed E-state index contributed by atoms with van der Waals surface area (Å²) in [5.74, 6) is -0.200. The van der Waals surface area contributed by atoms with Crippen LogP contribution in [0.5, 0.6) is 0 Å². The number of hydrogen-bond acceptors (Lipinski definition) is 2. The summed E-state index contributed by atoms with van der Waals surface area (Å²) in [5, 5.41) is 8.93. The first kappa shape index (κ1) is 10.6. The molecule has 0 radical (unpaired) electrons. The number of nitriles is 1. The van der Waals surface area contributed by atoms with Crippen LogP contribution in [0, 0.1) is 11.3 Å². The van der Waals surface area contributed by atoms with Gasteiger partial charge in [0.25, 0.3) is 5.91 Å². The van der Waals surface area contributed by atoms with E-state index in [0.29, 0.717) is 10.6 Å². The summed E-state index contributed by atoms with van der Waals surface area (Å²) in [6.45, 7) is 0.0747. The van der Waals surface area contributed by atoms with Crippen molar-refractivity contribution in [1.82, 2.24) is 4.90 Å². The lowest BCUT2D eigenvalue weighted by Gasteiger charge is -2.12. The van der Waals surface area contributed by atoms with Gasteiger partial charge in [-0.25, -0.2) is 0 Å². The predicted molar refractivity (Wildman–Crippen MR) is 54.0 cm³/mol. The highest BCUT2D eigenvalue weighted by Crippen LogP contribution is 2.11. The number of halogens is 1. The Balaban J connectivity index is 2.85. The zero-order valence-corrected chi connectivity index (χ0v) is 8.45. The van der Waals surface area contributed by atoms with E-state index in [9.17, 15) is 4.79 Å². The zero-order valence-electron chi connectivity index (χ0n) is 7.70. The molecule has 0 N–H and O–H groups in total. The molecule has 0 atom stereocenters.